The lowest BCUT2D eigenvalue weighted by atomic mass is 9.99. The largest absolute Gasteiger partial charge is 0.335 e. The quantitative estimate of drug-likeness (QED) is 0.889. The molecule has 112 valence electrons. The predicted molar refractivity (Wildman–Crippen MR) is 75.8 cm³/mol. The van der Waals surface area contributed by atoms with Crippen molar-refractivity contribution in [1.29, 1.82) is 0 Å². The van der Waals surface area contributed by atoms with Crippen molar-refractivity contribution in [3.63, 3.8) is 0 Å². The van der Waals surface area contributed by atoms with Gasteiger partial charge in [0.2, 0.25) is 5.95 Å². The number of piperidine rings is 1. The number of H-pyrrole nitrogens is 1. The molecular formula is C14H17F2N5. The Kier molecular flexibility index (Phi) is 3.59. The molecule has 2 unspecified atom stereocenters. The number of halogens is 2. The van der Waals surface area contributed by atoms with E-state index in [-0.39, 0.29) is 23.5 Å². The fourth-order valence-corrected chi connectivity index (χ4v) is 2.64. The molecule has 1 saturated heterocycles. The Balaban J connectivity index is 1.91. The molecular weight excluding hydrogens is 276 g/mol. The van der Waals surface area contributed by atoms with E-state index in [9.17, 15) is 8.78 Å². The Hall–Kier alpha value is -2.02. The fourth-order valence-electron chi connectivity index (χ4n) is 2.64. The molecule has 3 rings (SSSR count). The van der Waals surface area contributed by atoms with Crippen molar-refractivity contribution in [1.82, 2.24) is 15.2 Å². The van der Waals surface area contributed by atoms with Gasteiger partial charge in [0.15, 0.2) is 17.5 Å². The minimum absolute atomic E-state index is 0.0617. The van der Waals surface area contributed by atoms with Crippen molar-refractivity contribution in [3.05, 3.63) is 29.8 Å². The number of anilines is 1. The summed E-state index contributed by atoms with van der Waals surface area (Å²) in [6.07, 6.45) is 1.93. The Morgan fingerprint density at radius 3 is 3.00 bits per heavy atom. The summed E-state index contributed by atoms with van der Waals surface area (Å²) in [6.45, 7) is 2.82. The second-order valence-corrected chi connectivity index (χ2v) is 5.33. The van der Waals surface area contributed by atoms with Gasteiger partial charge in [-0.15, -0.1) is 5.10 Å². The average Bonchev–Trinajstić information content (AvgIpc) is 2.94. The zero-order chi connectivity index (χ0) is 15.0. The van der Waals surface area contributed by atoms with Crippen LogP contribution in [0.25, 0.3) is 11.4 Å². The van der Waals surface area contributed by atoms with E-state index < -0.39 is 11.6 Å². The van der Waals surface area contributed by atoms with Crippen LogP contribution in [0.1, 0.15) is 19.8 Å². The van der Waals surface area contributed by atoms with Crippen LogP contribution >= 0.6 is 0 Å². The van der Waals surface area contributed by atoms with E-state index in [2.05, 4.69) is 15.2 Å². The highest BCUT2D eigenvalue weighted by Gasteiger charge is 2.28. The summed E-state index contributed by atoms with van der Waals surface area (Å²) >= 11 is 0. The number of aromatic amines is 1. The summed E-state index contributed by atoms with van der Waals surface area (Å²) in [5.74, 6) is -1.15. The zero-order valence-corrected chi connectivity index (χ0v) is 11.7. The van der Waals surface area contributed by atoms with Crippen molar-refractivity contribution in [2.24, 2.45) is 5.73 Å². The number of nitrogens with zero attached hydrogens (tertiary/aromatic N) is 3. The highest BCUT2D eigenvalue weighted by atomic mass is 19.2. The van der Waals surface area contributed by atoms with Crippen LogP contribution in [-0.2, 0) is 0 Å². The summed E-state index contributed by atoms with van der Waals surface area (Å²) in [4.78, 5) is 6.28. The zero-order valence-electron chi connectivity index (χ0n) is 11.7. The Morgan fingerprint density at radius 2 is 2.19 bits per heavy atom. The molecule has 0 bridgehead atoms. The fraction of sp³-hybridized carbons (Fsp3) is 0.429. The highest BCUT2D eigenvalue weighted by Crippen LogP contribution is 2.25. The predicted octanol–water partition coefficient (Wildman–Crippen LogP) is 2.07. The first-order valence-electron chi connectivity index (χ1n) is 6.97. The monoisotopic (exact) mass is 293 g/mol. The van der Waals surface area contributed by atoms with Gasteiger partial charge in [-0.2, -0.15) is 4.98 Å². The van der Waals surface area contributed by atoms with Crippen LogP contribution in [0.2, 0.25) is 0 Å². The van der Waals surface area contributed by atoms with Crippen LogP contribution in [0.5, 0.6) is 0 Å². The lowest BCUT2D eigenvalue weighted by Crippen LogP contribution is -2.50. The first-order chi connectivity index (χ1) is 10.1. The molecule has 1 aliphatic rings. The van der Waals surface area contributed by atoms with Crippen LogP contribution in [-0.4, -0.2) is 33.8 Å². The van der Waals surface area contributed by atoms with Crippen LogP contribution in [0.3, 0.4) is 0 Å². The smallest absolute Gasteiger partial charge is 0.245 e. The number of benzene rings is 1. The molecule has 0 aliphatic carbocycles. The maximum Gasteiger partial charge on any atom is 0.245 e. The van der Waals surface area contributed by atoms with Crippen LogP contribution in [0, 0.1) is 11.6 Å². The van der Waals surface area contributed by atoms with Gasteiger partial charge in [0.1, 0.15) is 0 Å². The maximum atomic E-state index is 13.8. The second-order valence-electron chi connectivity index (χ2n) is 5.33. The normalized spacial score (nSPS) is 22.6. The lowest BCUT2D eigenvalue weighted by molar-refractivity contribution is 0.416. The molecule has 0 spiro atoms. The third kappa shape index (κ3) is 2.49. The van der Waals surface area contributed by atoms with Gasteiger partial charge in [-0.1, -0.05) is 6.07 Å². The molecule has 1 aliphatic heterocycles. The topological polar surface area (TPSA) is 70.8 Å². The first-order valence-corrected chi connectivity index (χ1v) is 6.97. The molecule has 5 nitrogen and oxygen atoms in total. The first kappa shape index (κ1) is 13.9. The van der Waals surface area contributed by atoms with Crippen molar-refractivity contribution in [2.45, 2.75) is 31.8 Å². The third-order valence-corrected chi connectivity index (χ3v) is 3.98. The van der Waals surface area contributed by atoms with Crippen LogP contribution < -0.4 is 10.6 Å². The number of hydrogen-bond acceptors (Lipinski definition) is 4. The minimum atomic E-state index is -0.927. The van der Waals surface area contributed by atoms with Crippen molar-refractivity contribution in [3.8, 4) is 11.4 Å². The van der Waals surface area contributed by atoms with Crippen molar-refractivity contribution in [2.75, 3.05) is 11.4 Å². The number of nitrogens with two attached hydrogens (primary N) is 1. The Morgan fingerprint density at radius 1 is 1.38 bits per heavy atom. The molecule has 0 radical (unpaired) electrons. The summed E-state index contributed by atoms with van der Waals surface area (Å²) < 4.78 is 27.1. The standard InChI is InChI=1S/C14H17F2N5/c1-8-11(17)6-3-7-21(8)14-18-13(19-20-14)9-4-2-5-10(15)12(9)16/h2,4-5,8,11H,3,6-7,17H2,1H3,(H,18,19,20). The molecule has 0 amide bonds. The highest BCUT2D eigenvalue weighted by molar-refractivity contribution is 5.57. The molecule has 2 atom stereocenters. The van der Waals surface area contributed by atoms with Gasteiger partial charge in [0.05, 0.1) is 5.56 Å². The van der Waals surface area contributed by atoms with Gasteiger partial charge in [-0.05, 0) is 31.9 Å². The van der Waals surface area contributed by atoms with E-state index in [4.69, 9.17) is 5.73 Å². The average molecular weight is 293 g/mol. The van der Waals surface area contributed by atoms with Gasteiger partial charge in [-0.25, -0.2) is 8.78 Å². The summed E-state index contributed by atoms with van der Waals surface area (Å²) in [5.41, 5.74) is 6.12. The Labute approximate surface area is 121 Å². The van der Waals surface area contributed by atoms with E-state index in [1.807, 2.05) is 11.8 Å². The molecule has 21 heavy (non-hydrogen) atoms. The molecule has 3 N–H and O–H groups in total. The van der Waals surface area contributed by atoms with Crippen molar-refractivity contribution < 1.29 is 8.78 Å². The summed E-state index contributed by atoms with van der Waals surface area (Å²) in [5, 5.41) is 6.79. The number of hydrogen-bond donors (Lipinski definition) is 2. The number of rotatable bonds is 2. The van der Waals surface area contributed by atoms with Gasteiger partial charge in [0.25, 0.3) is 0 Å². The SMILES string of the molecule is CC1C(N)CCCN1c1n[nH]c(-c2cccc(F)c2F)n1. The molecule has 0 saturated carbocycles. The van der Waals surface area contributed by atoms with Crippen molar-refractivity contribution >= 4 is 5.95 Å². The lowest BCUT2D eigenvalue weighted by Gasteiger charge is -2.36. The molecule has 1 fully saturated rings. The molecule has 7 heteroatoms. The Bertz CT molecular complexity index is 642. The molecule has 2 heterocycles. The molecule has 1 aromatic heterocycles. The number of aromatic nitrogens is 3. The third-order valence-electron chi connectivity index (χ3n) is 3.98. The molecule has 1 aromatic carbocycles. The van der Waals surface area contributed by atoms with Gasteiger partial charge >= 0.3 is 0 Å². The van der Waals surface area contributed by atoms with E-state index in [1.54, 1.807) is 0 Å². The summed E-state index contributed by atoms with van der Waals surface area (Å²) in [7, 11) is 0. The van der Waals surface area contributed by atoms with E-state index in [0.29, 0.717) is 5.95 Å². The summed E-state index contributed by atoms with van der Waals surface area (Å²) in [6, 6.07) is 4.15. The van der Waals surface area contributed by atoms with Crippen LogP contribution in [0.15, 0.2) is 18.2 Å². The maximum absolute atomic E-state index is 13.8. The van der Waals surface area contributed by atoms with E-state index in [1.165, 1.54) is 12.1 Å². The molecule has 2 aromatic rings. The number of nitrogens with one attached hydrogen (secondary N) is 1. The minimum Gasteiger partial charge on any atom is -0.335 e. The van der Waals surface area contributed by atoms with Gasteiger partial charge in [-0.3, -0.25) is 5.10 Å². The van der Waals surface area contributed by atoms with Gasteiger partial charge in [0, 0.05) is 18.6 Å². The second kappa shape index (κ2) is 5.40. The van der Waals surface area contributed by atoms with Crippen LogP contribution in [0.4, 0.5) is 14.7 Å². The van der Waals surface area contributed by atoms with Gasteiger partial charge < -0.3 is 10.6 Å². The van der Waals surface area contributed by atoms with E-state index >= 15 is 0 Å². The van der Waals surface area contributed by atoms with E-state index in [0.717, 1.165) is 25.5 Å².